The van der Waals surface area contributed by atoms with Crippen LogP contribution < -0.4 is 27.4 Å². The minimum Gasteiger partial charge on any atom is -0.480 e. The third-order valence-corrected chi connectivity index (χ3v) is 4.69. The molecule has 0 aliphatic rings. The predicted octanol–water partition coefficient (Wildman–Crippen LogP) is -0.963. The molecule has 0 aliphatic carbocycles. The lowest BCUT2D eigenvalue weighted by molar-refractivity contribution is -0.142. The summed E-state index contributed by atoms with van der Waals surface area (Å²) in [7, 11) is 0. The highest BCUT2D eigenvalue weighted by molar-refractivity contribution is 5.96. The number of carboxylic acids is 1. The molecular weight excluding hydrogens is 430 g/mol. The standard InChI is InChI=1S/C22H33N5O6/c1-12(2)9-15(26-21(31)16(11-18(24)28)25-19(29)13(3)23)20(30)27-17(22(32)33)10-14-7-5-4-6-8-14/h4-8,12-13,15-17H,9-11,23H2,1-3H3,(H2,24,28)(H,25,29)(H,26,31)(H,27,30)(H,32,33). The van der Waals surface area contributed by atoms with Crippen LogP contribution in [0.2, 0.25) is 0 Å². The topological polar surface area (TPSA) is 194 Å². The second-order valence-corrected chi connectivity index (χ2v) is 8.30. The van der Waals surface area contributed by atoms with Gasteiger partial charge in [0.1, 0.15) is 18.1 Å². The van der Waals surface area contributed by atoms with E-state index < -0.39 is 60.2 Å². The fraction of sp³-hybridized carbons (Fsp3) is 0.500. The smallest absolute Gasteiger partial charge is 0.326 e. The zero-order valence-corrected chi connectivity index (χ0v) is 19.0. The monoisotopic (exact) mass is 463 g/mol. The molecule has 0 bridgehead atoms. The molecule has 8 N–H and O–H groups in total. The Morgan fingerprint density at radius 1 is 0.848 bits per heavy atom. The van der Waals surface area contributed by atoms with Crippen LogP contribution in [0, 0.1) is 5.92 Å². The van der Waals surface area contributed by atoms with Crippen LogP contribution in [0.4, 0.5) is 0 Å². The maximum Gasteiger partial charge on any atom is 0.326 e. The number of rotatable bonds is 13. The van der Waals surface area contributed by atoms with Gasteiger partial charge in [-0.25, -0.2) is 4.79 Å². The second-order valence-electron chi connectivity index (χ2n) is 8.30. The lowest BCUT2D eigenvalue weighted by Crippen LogP contribution is -2.57. The first-order valence-electron chi connectivity index (χ1n) is 10.6. The molecule has 1 aromatic rings. The van der Waals surface area contributed by atoms with Crippen LogP contribution in [0.3, 0.4) is 0 Å². The van der Waals surface area contributed by atoms with E-state index in [0.29, 0.717) is 0 Å². The Kier molecular flexibility index (Phi) is 11.0. The molecule has 0 aromatic heterocycles. The molecule has 0 fully saturated rings. The highest BCUT2D eigenvalue weighted by Gasteiger charge is 2.31. The van der Waals surface area contributed by atoms with Crippen molar-refractivity contribution in [1.82, 2.24) is 16.0 Å². The molecule has 182 valence electrons. The summed E-state index contributed by atoms with van der Waals surface area (Å²) in [5.74, 6) is -4.27. The number of amides is 4. The highest BCUT2D eigenvalue weighted by atomic mass is 16.4. The second kappa shape index (κ2) is 13.2. The number of nitrogens with two attached hydrogens (primary N) is 2. The fourth-order valence-electron chi connectivity index (χ4n) is 3.01. The molecule has 4 atom stereocenters. The zero-order chi connectivity index (χ0) is 25.1. The van der Waals surface area contributed by atoms with Gasteiger partial charge in [-0.2, -0.15) is 0 Å². The van der Waals surface area contributed by atoms with E-state index in [9.17, 15) is 29.1 Å². The summed E-state index contributed by atoms with van der Waals surface area (Å²) in [4.78, 5) is 60.7. The normalized spacial score (nSPS) is 14.5. The van der Waals surface area contributed by atoms with Crippen LogP contribution in [0.5, 0.6) is 0 Å². The van der Waals surface area contributed by atoms with Gasteiger partial charge in [0.05, 0.1) is 12.5 Å². The fourth-order valence-corrected chi connectivity index (χ4v) is 3.01. The van der Waals surface area contributed by atoms with Crippen molar-refractivity contribution in [2.24, 2.45) is 17.4 Å². The van der Waals surface area contributed by atoms with Crippen molar-refractivity contribution >= 4 is 29.6 Å². The third kappa shape index (κ3) is 10.1. The lowest BCUT2D eigenvalue weighted by atomic mass is 10.0. The molecule has 0 saturated heterocycles. The molecular formula is C22H33N5O6. The van der Waals surface area contributed by atoms with Gasteiger partial charge in [-0.1, -0.05) is 44.2 Å². The van der Waals surface area contributed by atoms with E-state index in [1.54, 1.807) is 30.3 Å². The molecule has 4 unspecified atom stereocenters. The molecule has 1 rings (SSSR count). The van der Waals surface area contributed by atoms with Crippen molar-refractivity contribution in [2.45, 2.75) is 64.2 Å². The Labute approximate surface area is 192 Å². The number of hydrogen-bond donors (Lipinski definition) is 6. The number of carbonyl (C=O) groups is 5. The van der Waals surface area contributed by atoms with E-state index >= 15 is 0 Å². The van der Waals surface area contributed by atoms with E-state index in [2.05, 4.69) is 16.0 Å². The SMILES string of the molecule is CC(C)CC(NC(=O)C(CC(N)=O)NC(=O)C(C)N)C(=O)NC(Cc1ccccc1)C(=O)O. The number of nitrogens with one attached hydrogen (secondary N) is 3. The van der Waals surface area contributed by atoms with Crippen molar-refractivity contribution < 1.29 is 29.1 Å². The maximum absolute atomic E-state index is 12.9. The van der Waals surface area contributed by atoms with E-state index in [1.165, 1.54) is 6.92 Å². The molecule has 0 heterocycles. The van der Waals surface area contributed by atoms with E-state index in [1.807, 2.05) is 13.8 Å². The van der Waals surface area contributed by atoms with Gasteiger partial charge >= 0.3 is 5.97 Å². The largest absolute Gasteiger partial charge is 0.480 e. The Morgan fingerprint density at radius 3 is 1.85 bits per heavy atom. The van der Waals surface area contributed by atoms with E-state index in [4.69, 9.17) is 11.5 Å². The summed E-state index contributed by atoms with van der Waals surface area (Å²) < 4.78 is 0. The number of carboxylic acid groups (broad SMARTS) is 1. The minimum absolute atomic E-state index is 0.0355. The van der Waals surface area contributed by atoms with Crippen molar-refractivity contribution in [3.8, 4) is 0 Å². The van der Waals surface area contributed by atoms with E-state index in [-0.39, 0.29) is 18.8 Å². The summed E-state index contributed by atoms with van der Waals surface area (Å²) >= 11 is 0. The molecule has 1 aromatic carbocycles. The summed E-state index contributed by atoms with van der Waals surface area (Å²) in [5.41, 5.74) is 11.4. The summed E-state index contributed by atoms with van der Waals surface area (Å²) in [6.45, 7) is 5.05. The summed E-state index contributed by atoms with van der Waals surface area (Å²) in [6.07, 6.45) is -0.245. The van der Waals surface area contributed by atoms with Crippen LogP contribution in [0.15, 0.2) is 30.3 Å². The highest BCUT2D eigenvalue weighted by Crippen LogP contribution is 2.09. The van der Waals surface area contributed by atoms with Crippen molar-refractivity contribution in [3.05, 3.63) is 35.9 Å². The Morgan fingerprint density at radius 2 is 1.36 bits per heavy atom. The molecule has 0 aliphatic heterocycles. The van der Waals surface area contributed by atoms with Crippen molar-refractivity contribution in [1.29, 1.82) is 0 Å². The van der Waals surface area contributed by atoms with Gasteiger partial charge in [-0.15, -0.1) is 0 Å². The summed E-state index contributed by atoms with van der Waals surface area (Å²) in [6, 6.07) is 4.21. The van der Waals surface area contributed by atoms with Crippen molar-refractivity contribution in [3.63, 3.8) is 0 Å². The zero-order valence-electron chi connectivity index (χ0n) is 19.0. The first kappa shape index (κ1) is 27.6. The van der Waals surface area contributed by atoms with Gasteiger partial charge in [0.2, 0.25) is 23.6 Å². The van der Waals surface area contributed by atoms with E-state index in [0.717, 1.165) is 5.56 Å². The van der Waals surface area contributed by atoms with Crippen LogP contribution in [-0.4, -0.2) is 58.9 Å². The molecule has 0 saturated carbocycles. The first-order valence-corrected chi connectivity index (χ1v) is 10.6. The lowest BCUT2D eigenvalue weighted by Gasteiger charge is -2.25. The molecule has 4 amide bonds. The average Bonchev–Trinajstić information content (AvgIpc) is 2.72. The Hall–Kier alpha value is -3.47. The first-order chi connectivity index (χ1) is 15.4. The van der Waals surface area contributed by atoms with Crippen LogP contribution in [0.25, 0.3) is 0 Å². The molecule has 0 radical (unpaired) electrons. The molecule has 11 heteroatoms. The van der Waals surface area contributed by atoms with Crippen LogP contribution >= 0.6 is 0 Å². The van der Waals surface area contributed by atoms with Crippen LogP contribution in [-0.2, 0) is 30.4 Å². The maximum atomic E-state index is 12.9. The Bertz CT molecular complexity index is 843. The average molecular weight is 464 g/mol. The van der Waals surface area contributed by atoms with Gasteiger partial charge < -0.3 is 32.5 Å². The number of carbonyl (C=O) groups excluding carboxylic acids is 4. The third-order valence-electron chi connectivity index (χ3n) is 4.69. The van der Waals surface area contributed by atoms with Gasteiger partial charge in [0.15, 0.2) is 0 Å². The summed E-state index contributed by atoms with van der Waals surface area (Å²) in [5, 5.41) is 16.9. The van der Waals surface area contributed by atoms with Gasteiger partial charge in [-0.05, 0) is 24.8 Å². The number of aliphatic carboxylic acids is 1. The Balaban J connectivity index is 2.99. The molecule has 33 heavy (non-hydrogen) atoms. The predicted molar refractivity (Wildman–Crippen MR) is 120 cm³/mol. The quantitative estimate of drug-likeness (QED) is 0.217. The number of hydrogen-bond acceptors (Lipinski definition) is 6. The number of primary amides is 1. The van der Waals surface area contributed by atoms with Gasteiger partial charge in [0.25, 0.3) is 0 Å². The van der Waals surface area contributed by atoms with Gasteiger partial charge in [0, 0.05) is 6.42 Å². The van der Waals surface area contributed by atoms with Crippen molar-refractivity contribution in [2.75, 3.05) is 0 Å². The number of benzene rings is 1. The minimum atomic E-state index is -1.33. The van der Waals surface area contributed by atoms with Gasteiger partial charge in [-0.3, -0.25) is 19.2 Å². The molecule has 11 nitrogen and oxygen atoms in total. The van der Waals surface area contributed by atoms with Crippen LogP contribution in [0.1, 0.15) is 39.2 Å². The molecule has 0 spiro atoms.